The van der Waals surface area contributed by atoms with Crippen LogP contribution in [0.1, 0.15) is 11.3 Å². The van der Waals surface area contributed by atoms with Crippen LogP contribution in [0.25, 0.3) is 0 Å². The Kier molecular flexibility index (Phi) is 5.43. The molecule has 5 nitrogen and oxygen atoms in total. The highest BCUT2D eigenvalue weighted by molar-refractivity contribution is 5.85. The summed E-state index contributed by atoms with van der Waals surface area (Å²) in [5.74, 6) is -0.412. The van der Waals surface area contributed by atoms with Crippen molar-refractivity contribution in [3.8, 4) is 0 Å². The van der Waals surface area contributed by atoms with Crippen molar-refractivity contribution in [3.63, 3.8) is 0 Å². The van der Waals surface area contributed by atoms with Gasteiger partial charge < -0.3 is 5.32 Å². The third-order valence-corrected chi connectivity index (χ3v) is 2.70. The second-order valence-corrected chi connectivity index (χ2v) is 4.17. The molecule has 20 heavy (non-hydrogen) atoms. The number of nitrogens with zero attached hydrogens (tertiary/aromatic N) is 4. The molecule has 0 saturated carbocycles. The van der Waals surface area contributed by atoms with E-state index in [1.165, 1.54) is 19.4 Å². The van der Waals surface area contributed by atoms with Crippen molar-refractivity contribution in [3.05, 3.63) is 29.6 Å². The zero-order valence-corrected chi connectivity index (χ0v) is 11.8. The maximum Gasteiger partial charge on any atom is 0.257 e. The molecule has 0 radical (unpaired) electrons. The summed E-state index contributed by atoms with van der Waals surface area (Å²) in [6.45, 7) is 1.48. The van der Waals surface area contributed by atoms with Gasteiger partial charge in [0.25, 0.3) is 6.43 Å². The van der Waals surface area contributed by atoms with Crippen LogP contribution in [0, 0.1) is 12.9 Å². The zero-order valence-electron chi connectivity index (χ0n) is 11.0. The Morgan fingerprint density at radius 1 is 1.40 bits per heavy atom. The van der Waals surface area contributed by atoms with Gasteiger partial charge in [0.05, 0.1) is 17.6 Å². The molecule has 2 rings (SSSR count). The SMILES string of the molecule is Cc1nn(C)c(F)c1CNc1cnn(CC(F)F)c1.Cl. The van der Waals surface area contributed by atoms with Crippen LogP contribution < -0.4 is 5.32 Å². The molecule has 0 spiro atoms. The van der Waals surface area contributed by atoms with Gasteiger partial charge in [-0.1, -0.05) is 0 Å². The molecule has 1 N–H and O–H groups in total. The minimum atomic E-state index is -2.45. The fourth-order valence-corrected chi connectivity index (χ4v) is 1.76. The van der Waals surface area contributed by atoms with E-state index in [1.807, 2.05) is 0 Å². The summed E-state index contributed by atoms with van der Waals surface area (Å²) in [4.78, 5) is 0. The van der Waals surface area contributed by atoms with Crippen molar-refractivity contribution in [1.29, 1.82) is 0 Å². The van der Waals surface area contributed by atoms with Crippen LogP contribution in [-0.4, -0.2) is 26.0 Å². The molecule has 2 heterocycles. The second kappa shape index (κ2) is 6.65. The number of aromatic nitrogens is 4. The van der Waals surface area contributed by atoms with Crippen molar-refractivity contribution in [2.45, 2.75) is 26.4 Å². The Bertz CT molecular complexity index is 566. The fourth-order valence-electron chi connectivity index (χ4n) is 1.76. The molecule has 0 aliphatic heterocycles. The summed E-state index contributed by atoms with van der Waals surface area (Å²) in [7, 11) is 1.52. The van der Waals surface area contributed by atoms with Crippen LogP contribution in [0.3, 0.4) is 0 Å². The summed E-state index contributed by atoms with van der Waals surface area (Å²) >= 11 is 0. The van der Waals surface area contributed by atoms with Crippen molar-refractivity contribution in [1.82, 2.24) is 19.6 Å². The van der Waals surface area contributed by atoms with Gasteiger partial charge in [-0.05, 0) is 6.92 Å². The van der Waals surface area contributed by atoms with Gasteiger partial charge in [-0.25, -0.2) is 13.5 Å². The summed E-state index contributed by atoms with van der Waals surface area (Å²) in [6, 6.07) is 0. The number of aryl methyl sites for hydroxylation is 2. The summed E-state index contributed by atoms with van der Waals surface area (Å²) in [5, 5.41) is 10.7. The molecule has 0 unspecified atom stereocenters. The number of rotatable bonds is 5. The first-order chi connectivity index (χ1) is 8.97. The topological polar surface area (TPSA) is 47.7 Å². The zero-order chi connectivity index (χ0) is 14.0. The smallest absolute Gasteiger partial charge is 0.257 e. The van der Waals surface area contributed by atoms with E-state index in [0.717, 1.165) is 9.36 Å². The number of alkyl halides is 2. The monoisotopic (exact) mass is 309 g/mol. The van der Waals surface area contributed by atoms with Crippen LogP contribution in [0.15, 0.2) is 12.4 Å². The molecule has 2 aromatic heterocycles. The minimum Gasteiger partial charge on any atom is -0.378 e. The van der Waals surface area contributed by atoms with Gasteiger partial charge in [0.1, 0.15) is 6.54 Å². The molecule has 0 bridgehead atoms. The lowest BCUT2D eigenvalue weighted by atomic mass is 10.2. The largest absolute Gasteiger partial charge is 0.378 e. The van der Waals surface area contributed by atoms with Gasteiger partial charge >= 0.3 is 0 Å². The van der Waals surface area contributed by atoms with E-state index in [2.05, 4.69) is 15.5 Å². The van der Waals surface area contributed by atoms with Gasteiger partial charge in [0.2, 0.25) is 5.95 Å². The molecule has 0 fully saturated rings. The van der Waals surface area contributed by atoms with Gasteiger partial charge in [-0.2, -0.15) is 14.6 Å². The van der Waals surface area contributed by atoms with E-state index in [-0.39, 0.29) is 19.0 Å². The Hall–Kier alpha value is -1.70. The number of hydrogen-bond acceptors (Lipinski definition) is 3. The lowest BCUT2D eigenvalue weighted by Crippen LogP contribution is -2.06. The first-order valence-electron chi connectivity index (χ1n) is 5.70. The number of anilines is 1. The van der Waals surface area contributed by atoms with Crippen molar-refractivity contribution in [2.75, 3.05) is 5.32 Å². The number of nitrogens with one attached hydrogen (secondary N) is 1. The Morgan fingerprint density at radius 2 is 2.10 bits per heavy atom. The molecule has 0 saturated heterocycles. The van der Waals surface area contributed by atoms with Gasteiger partial charge in [0, 0.05) is 25.4 Å². The average Bonchev–Trinajstić information content (AvgIpc) is 2.84. The quantitative estimate of drug-likeness (QED) is 0.922. The molecule has 2 aromatic rings. The molecule has 0 aliphatic carbocycles. The highest BCUT2D eigenvalue weighted by Crippen LogP contribution is 2.14. The maximum absolute atomic E-state index is 13.6. The molecule has 112 valence electrons. The van der Waals surface area contributed by atoms with Crippen molar-refractivity contribution in [2.24, 2.45) is 7.05 Å². The van der Waals surface area contributed by atoms with Crippen LogP contribution in [0.5, 0.6) is 0 Å². The highest BCUT2D eigenvalue weighted by Gasteiger charge is 2.13. The van der Waals surface area contributed by atoms with E-state index in [0.29, 0.717) is 16.9 Å². The van der Waals surface area contributed by atoms with Gasteiger partial charge in [-0.3, -0.25) is 4.68 Å². The van der Waals surface area contributed by atoms with Gasteiger partial charge in [0.15, 0.2) is 0 Å². The first-order valence-corrected chi connectivity index (χ1v) is 5.70. The molecule has 0 amide bonds. The van der Waals surface area contributed by atoms with Crippen LogP contribution >= 0.6 is 12.4 Å². The summed E-state index contributed by atoms with van der Waals surface area (Å²) in [5.41, 5.74) is 1.60. The normalized spacial score (nSPS) is 10.7. The third-order valence-electron chi connectivity index (χ3n) is 2.70. The first kappa shape index (κ1) is 16.4. The standard InChI is InChI=1S/C11H14F3N5.ClH/c1-7-9(11(14)18(2)17-7)4-15-8-3-16-19(5-8)6-10(12)13;/h3,5,10,15H,4,6H2,1-2H3;1H. The predicted molar refractivity (Wildman–Crippen MR) is 70.7 cm³/mol. The van der Waals surface area contributed by atoms with E-state index in [4.69, 9.17) is 0 Å². The summed E-state index contributed by atoms with van der Waals surface area (Å²) < 4.78 is 40.2. The fraction of sp³-hybridized carbons (Fsp3) is 0.455. The maximum atomic E-state index is 13.6. The molecule has 9 heteroatoms. The van der Waals surface area contributed by atoms with Crippen LogP contribution in [0.4, 0.5) is 18.9 Å². The summed E-state index contributed by atoms with van der Waals surface area (Å²) in [6.07, 6.45) is 0.424. The van der Waals surface area contributed by atoms with Crippen molar-refractivity contribution >= 4 is 18.1 Å². The predicted octanol–water partition coefficient (Wildman–Crippen LogP) is 2.36. The average molecular weight is 310 g/mol. The Morgan fingerprint density at radius 3 is 2.65 bits per heavy atom. The molecule has 0 atom stereocenters. The minimum absolute atomic E-state index is 0. The van der Waals surface area contributed by atoms with E-state index >= 15 is 0 Å². The lowest BCUT2D eigenvalue weighted by molar-refractivity contribution is 0.122. The lowest BCUT2D eigenvalue weighted by Gasteiger charge is -2.02. The Labute approximate surface area is 120 Å². The van der Waals surface area contributed by atoms with E-state index < -0.39 is 18.9 Å². The molecular formula is C11H15ClF3N5. The van der Waals surface area contributed by atoms with Gasteiger partial charge in [-0.15, -0.1) is 12.4 Å². The second-order valence-electron chi connectivity index (χ2n) is 4.17. The molecular weight excluding hydrogens is 295 g/mol. The number of hydrogen-bond donors (Lipinski definition) is 1. The number of halogens is 4. The molecule has 0 aliphatic rings. The van der Waals surface area contributed by atoms with Crippen LogP contribution in [0.2, 0.25) is 0 Å². The van der Waals surface area contributed by atoms with E-state index in [1.54, 1.807) is 6.92 Å². The highest BCUT2D eigenvalue weighted by atomic mass is 35.5. The van der Waals surface area contributed by atoms with E-state index in [9.17, 15) is 13.2 Å². The molecule has 0 aromatic carbocycles. The van der Waals surface area contributed by atoms with Crippen molar-refractivity contribution < 1.29 is 13.2 Å². The Balaban J connectivity index is 0.00000200. The third kappa shape index (κ3) is 3.66. The van der Waals surface area contributed by atoms with Crippen LogP contribution in [-0.2, 0) is 20.1 Å².